The van der Waals surface area contributed by atoms with Crippen LogP contribution in [0.5, 0.6) is 5.75 Å². The van der Waals surface area contributed by atoms with Gasteiger partial charge in [0.05, 0.1) is 0 Å². The van der Waals surface area contributed by atoms with Crippen molar-refractivity contribution in [2.75, 3.05) is 26.2 Å². The van der Waals surface area contributed by atoms with Gasteiger partial charge in [0.25, 0.3) is 0 Å². The van der Waals surface area contributed by atoms with Crippen LogP contribution in [-0.4, -0.2) is 31.1 Å². The maximum Gasteiger partial charge on any atom is 0.124 e. The first-order chi connectivity index (χ1) is 8.81. The van der Waals surface area contributed by atoms with Crippen molar-refractivity contribution in [1.29, 1.82) is 0 Å². The second-order valence-corrected chi connectivity index (χ2v) is 4.95. The smallest absolute Gasteiger partial charge is 0.124 e. The minimum Gasteiger partial charge on any atom is -0.492 e. The van der Waals surface area contributed by atoms with E-state index in [1.165, 1.54) is 25.9 Å². The normalized spacial score (nSPS) is 17.9. The molecule has 1 aliphatic rings. The zero-order chi connectivity index (χ0) is 12.8. The van der Waals surface area contributed by atoms with Crippen molar-refractivity contribution in [2.45, 2.75) is 32.2 Å². The first-order valence-corrected chi connectivity index (χ1v) is 7.01. The quantitative estimate of drug-likeness (QED) is 0.841. The Hall–Kier alpha value is -1.06. The second-order valence-electron chi connectivity index (χ2n) is 4.95. The molecule has 0 saturated carbocycles. The summed E-state index contributed by atoms with van der Waals surface area (Å²) in [6, 6.07) is 8.21. The molecule has 18 heavy (non-hydrogen) atoms. The minimum atomic E-state index is 0.0768. The van der Waals surface area contributed by atoms with Crippen LogP contribution in [0.3, 0.4) is 0 Å². The number of likely N-dealkylation sites (tertiary alicyclic amines) is 1. The number of nitrogens with zero attached hydrogens (tertiary/aromatic N) is 1. The summed E-state index contributed by atoms with van der Waals surface area (Å²) in [7, 11) is 0. The standard InChI is InChI=1S/C15H24N2O/c1-2-14(16)13-7-3-4-8-15(13)18-12-11-17-9-5-6-10-17/h3-4,7-8,14H,2,5-6,9-12,16H2,1H3. The summed E-state index contributed by atoms with van der Waals surface area (Å²) in [6.45, 7) is 6.33. The van der Waals surface area contributed by atoms with Crippen LogP contribution in [0, 0.1) is 0 Å². The number of nitrogens with two attached hydrogens (primary N) is 1. The van der Waals surface area contributed by atoms with Gasteiger partial charge in [-0.05, 0) is 38.4 Å². The zero-order valence-corrected chi connectivity index (χ0v) is 11.3. The summed E-state index contributed by atoms with van der Waals surface area (Å²) in [4.78, 5) is 2.46. The maximum absolute atomic E-state index is 6.10. The van der Waals surface area contributed by atoms with Crippen LogP contribution in [0.25, 0.3) is 0 Å². The largest absolute Gasteiger partial charge is 0.492 e. The Morgan fingerprint density at radius 3 is 2.72 bits per heavy atom. The number of para-hydroxylation sites is 1. The summed E-state index contributed by atoms with van der Waals surface area (Å²) in [5, 5.41) is 0. The molecule has 2 N–H and O–H groups in total. The third-order valence-electron chi connectivity index (χ3n) is 3.62. The zero-order valence-electron chi connectivity index (χ0n) is 11.3. The van der Waals surface area contributed by atoms with Crippen molar-refractivity contribution in [3.05, 3.63) is 29.8 Å². The molecule has 3 heteroatoms. The fraction of sp³-hybridized carbons (Fsp3) is 0.600. The highest BCUT2D eigenvalue weighted by Crippen LogP contribution is 2.25. The fourth-order valence-corrected chi connectivity index (χ4v) is 2.43. The average Bonchev–Trinajstić information content (AvgIpc) is 2.92. The predicted molar refractivity (Wildman–Crippen MR) is 74.8 cm³/mol. The van der Waals surface area contributed by atoms with Gasteiger partial charge in [-0.3, -0.25) is 4.90 Å². The molecule has 0 bridgehead atoms. The lowest BCUT2D eigenvalue weighted by Gasteiger charge is -2.18. The molecule has 1 unspecified atom stereocenters. The second kappa shape index (κ2) is 6.76. The van der Waals surface area contributed by atoms with E-state index in [0.717, 1.165) is 30.9 Å². The van der Waals surface area contributed by atoms with E-state index in [9.17, 15) is 0 Å². The number of hydrogen-bond donors (Lipinski definition) is 1. The van der Waals surface area contributed by atoms with Gasteiger partial charge >= 0.3 is 0 Å². The van der Waals surface area contributed by atoms with E-state index in [0.29, 0.717) is 0 Å². The summed E-state index contributed by atoms with van der Waals surface area (Å²) in [5.74, 6) is 0.950. The van der Waals surface area contributed by atoms with Crippen LogP contribution in [0.15, 0.2) is 24.3 Å². The van der Waals surface area contributed by atoms with E-state index in [4.69, 9.17) is 10.5 Å². The SMILES string of the molecule is CCC(N)c1ccccc1OCCN1CCCC1. The lowest BCUT2D eigenvalue weighted by Crippen LogP contribution is -2.25. The number of ether oxygens (including phenoxy) is 1. The van der Waals surface area contributed by atoms with Crippen molar-refractivity contribution in [3.63, 3.8) is 0 Å². The van der Waals surface area contributed by atoms with Crippen LogP contribution < -0.4 is 10.5 Å². The molecule has 0 amide bonds. The van der Waals surface area contributed by atoms with E-state index in [1.54, 1.807) is 0 Å². The minimum absolute atomic E-state index is 0.0768. The van der Waals surface area contributed by atoms with E-state index < -0.39 is 0 Å². The van der Waals surface area contributed by atoms with Crippen LogP contribution in [-0.2, 0) is 0 Å². The Morgan fingerprint density at radius 1 is 1.28 bits per heavy atom. The first kappa shape index (κ1) is 13.4. The van der Waals surface area contributed by atoms with Gasteiger partial charge in [-0.25, -0.2) is 0 Å². The van der Waals surface area contributed by atoms with Crippen molar-refractivity contribution in [1.82, 2.24) is 4.90 Å². The van der Waals surface area contributed by atoms with Gasteiger partial charge in [-0.2, -0.15) is 0 Å². The highest BCUT2D eigenvalue weighted by Gasteiger charge is 2.12. The molecular weight excluding hydrogens is 224 g/mol. The molecule has 3 nitrogen and oxygen atoms in total. The Balaban J connectivity index is 1.87. The van der Waals surface area contributed by atoms with Crippen molar-refractivity contribution in [3.8, 4) is 5.75 Å². The highest BCUT2D eigenvalue weighted by molar-refractivity contribution is 5.35. The van der Waals surface area contributed by atoms with Crippen molar-refractivity contribution in [2.24, 2.45) is 5.73 Å². The molecule has 2 rings (SSSR count). The molecule has 1 aliphatic heterocycles. The van der Waals surface area contributed by atoms with Gasteiger partial charge in [0.15, 0.2) is 0 Å². The summed E-state index contributed by atoms with van der Waals surface area (Å²) < 4.78 is 5.90. The average molecular weight is 248 g/mol. The number of hydrogen-bond acceptors (Lipinski definition) is 3. The predicted octanol–water partition coefficient (Wildman–Crippen LogP) is 2.57. The number of benzene rings is 1. The van der Waals surface area contributed by atoms with Gasteiger partial charge in [-0.15, -0.1) is 0 Å². The van der Waals surface area contributed by atoms with Crippen LogP contribution in [0.2, 0.25) is 0 Å². The van der Waals surface area contributed by atoms with E-state index >= 15 is 0 Å². The molecule has 1 saturated heterocycles. The van der Waals surface area contributed by atoms with Crippen molar-refractivity contribution >= 4 is 0 Å². The van der Waals surface area contributed by atoms with E-state index in [-0.39, 0.29) is 6.04 Å². The number of rotatable bonds is 6. The molecule has 1 atom stereocenters. The Labute approximate surface area is 110 Å². The highest BCUT2D eigenvalue weighted by atomic mass is 16.5. The monoisotopic (exact) mass is 248 g/mol. The molecule has 0 radical (unpaired) electrons. The summed E-state index contributed by atoms with van der Waals surface area (Å²) >= 11 is 0. The van der Waals surface area contributed by atoms with Gasteiger partial charge in [-0.1, -0.05) is 25.1 Å². The molecule has 0 aromatic heterocycles. The third-order valence-corrected chi connectivity index (χ3v) is 3.62. The van der Waals surface area contributed by atoms with Crippen LogP contribution in [0.1, 0.15) is 37.8 Å². The fourth-order valence-electron chi connectivity index (χ4n) is 2.43. The van der Waals surface area contributed by atoms with Gasteiger partial charge in [0, 0.05) is 18.2 Å². The maximum atomic E-state index is 6.10. The molecule has 0 aliphatic carbocycles. The van der Waals surface area contributed by atoms with E-state index in [2.05, 4.69) is 17.9 Å². The molecule has 1 aromatic rings. The van der Waals surface area contributed by atoms with Crippen molar-refractivity contribution < 1.29 is 4.74 Å². The molecule has 100 valence electrons. The van der Waals surface area contributed by atoms with Crippen LogP contribution in [0.4, 0.5) is 0 Å². The molecule has 0 spiro atoms. The topological polar surface area (TPSA) is 38.5 Å². The molecule has 1 aromatic carbocycles. The van der Waals surface area contributed by atoms with E-state index in [1.807, 2.05) is 18.2 Å². The third kappa shape index (κ3) is 3.47. The Kier molecular flexibility index (Phi) is 5.02. The van der Waals surface area contributed by atoms with Gasteiger partial charge in [0.1, 0.15) is 12.4 Å². The van der Waals surface area contributed by atoms with Crippen LogP contribution >= 0.6 is 0 Å². The molecule has 1 heterocycles. The Bertz CT molecular complexity index is 361. The molecule has 1 fully saturated rings. The molecular formula is C15H24N2O. The van der Waals surface area contributed by atoms with Gasteiger partial charge < -0.3 is 10.5 Å². The Morgan fingerprint density at radius 2 is 2.00 bits per heavy atom. The summed E-state index contributed by atoms with van der Waals surface area (Å²) in [6.07, 6.45) is 3.60. The summed E-state index contributed by atoms with van der Waals surface area (Å²) in [5.41, 5.74) is 7.22. The van der Waals surface area contributed by atoms with Gasteiger partial charge in [0.2, 0.25) is 0 Å². The lowest BCUT2D eigenvalue weighted by molar-refractivity contribution is 0.235. The lowest BCUT2D eigenvalue weighted by atomic mass is 10.0. The first-order valence-electron chi connectivity index (χ1n) is 7.01.